The summed E-state index contributed by atoms with van der Waals surface area (Å²) >= 11 is 0. The highest BCUT2D eigenvalue weighted by Gasteiger charge is 2.79. The SMILES string of the molecule is C=C(C)CCC[C@]1(C)OC(=O)[C@@]23CC=C4[C@@H](CC[C@H]5C(C)(C)[C@@H](O[C@H]6OC[C@H](OS(=O)(=O)O)[C@@H](O)[C@@H]6O[C@@H]6O[C@H](CO)[C@@H](O[C@H]7OC[C@H](O)[C@@H](O[C@H]8O[C@@H](CO)[C@H](O)[C@@H](OC)[C@@H]8O)[C@@H]7O)[C@H](O)[C@H]6O)CC[C@]45C)[C@]2(C)CC(=O)[C@@H]13. The molecule has 10 N–H and O–H groups in total. The van der Waals surface area contributed by atoms with Crippen LogP contribution in [0.15, 0.2) is 23.8 Å². The van der Waals surface area contributed by atoms with Crippen molar-refractivity contribution < 1.29 is 120 Å². The number of aliphatic hydroxyl groups is 9. The number of hydrogen-bond acceptors (Lipinski definition) is 24. The Hall–Kier alpha value is -2.23. The zero-order valence-corrected chi connectivity index (χ0v) is 46.5. The quantitative estimate of drug-likeness (QED) is 0.0370. The van der Waals surface area contributed by atoms with Gasteiger partial charge in [0.1, 0.15) is 96.8 Å². The number of fused-ring (bicyclic) bond motifs is 4. The largest absolute Gasteiger partial charge is 0.458 e. The first-order valence-corrected chi connectivity index (χ1v) is 28.8. The van der Waals surface area contributed by atoms with Crippen LogP contribution in [-0.4, -0.2) is 227 Å². The topological polar surface area (TPSA) is 372 Å². The number of aliphatic hydroxyl groups excluding tert-OH is 9. The number of ether oxygens (including phenoxy) is 10. The predicted octanol–water partition coefficient (Wildman–Crippen LogP) is -0.770. The van der Waals surface area contributed by atoms with E-state index in [0.717, 1.165) is 18.4 Å². The monoisotopic (exact) mass is 1150 g/mol. The third kappa shape index (κ3) is 10.5. The van der Waals surface area contributed by atoms with Crippen molar-refractivity contribution in [3.05, 3.63) is 23.8 Å². The fourth-order valence-electron chi connectivity index (χ4n) is 15.8. The molecular weight excluding hydrogens is 1070 g/mol. The van der Waals surface area contributed by atoms with E-state index >= 15 is 0 Å². The second-order valence-corrected chi connectivity index (χ2v) is 25.9. The van der Waals surface area contributed by atoms with Crippen molar-refractivity contribution in [3.8, 4) is 0 Å². The van der Waals surface area contributed by atoms with Crippen molar-refractivity contribution >= 4 is 22.2 Å². The van der Waals surface area contributed by atoms with Crippen LogP contribution in [0.5, 0.6) is 0 Å². The summed E-state index contributed by atoms with van der Waals surface area (Å²) in [5.74, 6) is -0.905. The molecule has 26 atom stereocenters. The van der Waals surface area contributed by atoms with E-state index in [1.807, 2.05) is 13.8 Å². The Labute approximate surface area is 459 Å². The Morgan fingerprint density at radius 2 is 1.38 bits per heavy atom. The van der Waals surface area contributed by atoms with E-state index in [4.69, 9.17) is 51.6 Å². The number of Topliss-reactive ketones (excluding diaryl/α,β-unsaturated/α-hetero) is 1. The zero-order chi connectivity index (χ0) is 57.7. The van der Waals surface area contributed by atoms with Crippen molar-refractivity contribution in [2.75, 3.05) is 33.5 Å². The average molecular weight is 1150 g/mol. The second-order valence-electron chi connectivity index (χ2n) is 24.9. The lowest BCUT2D eigenvalue weighted by Crippen LogP contribution is -2.66. The van der Waals surface area contributed by atoms with Gasteiger partial charge in [-0.1, -0.05) is 44.9 Å². The third-order valence-corrected chi connectivity index (χ3v) is 20.2. The maximum absolute atomic E-state index is 14.4. The van der Waals surface area contributed by atoms with Crippen molar-refractivity contribution in [3.63, 3.8) is 0 Å². The number of allylic oxidation sites excluding steroid dienone is 3. The molecule has 5 heterocycles. The summed E-state index contributed by atoms with van der Waals surface area (Å²) in [4.78, 5) is 28.7. The fraction of sp³-hybridized carbons (Fsp3) is 0.887. The van der Waals surface area contributed by atoms with Crippen LogP contribution in [-0.2, 0) is 71.5 Å². The van der Waals surface area contributed by atoms with Crippen LogP contribution in [0, 0.1) is 39.4 Å². The molecule has 9 aliphatic rings. The van der Waals surface area contributed by atoms with Crippen LogP contribution >= 0.6 is 0 Å². The maximum Gasteiger partial charge on any atom is 0.397 e. The van der Waals surface area contributed by atoms with Gasteiger partial charge in [-0.2, -0.15) is 8.42 Å². The van der Waals surface area contributed by atoms with Gasteiger partial charge in [0.05, 0.1) is 43.9 Å². The highest BCUT2D eigenvalue weighted by atomic mass is 32.3. The normalized spacial score (nSPS) is 49.7. The maximum atomic E-state index is 14.4. The number of cyclic esters (lactones) is 1. The second kappa shape index (κ2) is 22.6. The number of rotatable bonds is 17. The summed E-state index contributed by atoms with van der Waals surface area (Å²) in [5.41, 5.74) is -1.41. The molecule has 0 aromatic heterocycles. The molecule has 0 amide bonds. The molecule has 0 unspecified atom stereocenters. The Kier molecular flexibility index (Phi) is 17.6. The minimum absolute atomic E-state index is 0.0289. The number of carbonyl (C=O) groups excluding carboxylic acids is 2. The summed E-state index contributed by atoms with van der Waals surface area (Å²) in [7, 11) is -4.00. The Morgan fingerprint density at radius 1 is 0.747 bits per heavy atom. The van der Waals surface area contributed by atoms with Gasteiger partial charge >= 0.3 is 16.4 Å². The highest BCUT2D eigenvalue weighted by molar-refractivity contribution is 7.80. The summed E-state index contributed by atoms with van der Waals surface area (Å²) in [5, 5.41) is 98.8. The number of hydrogen-bond donors (Lipinski definition) is 10. The molecule has 0 bridgehead atoms. The molecule has 1 spiro atoms. The lowest BCUT2D eigenvalue weighted by atomic mass is 9.41. The van der Waals surface area contributed by atoms with Gasteiger partial charge in [0.15, 0.2) is 25.2 Å². The molecule has 5 saturated heterocycles. The van der Waals surface area contributed by atoms with Gasteiger partial charge in [0, 0.05) is 13.5 Å². The van der Waals surface area contributed by atoms with E-state index in [9.17, 15) is 68.5 Å². The molecule has 0 aromatic carbocycles. The van der Waals surface area contributed by atoms with Gasteiger partial charge in [-0.3, -0.25) is 14.1 Å². The van der Waals surface area contributed by atoms with Crippen molar-refractivity contribution in [2.45, 2.75) is 222 Å². The smallest absolute Gasteiger partial charge is 0.397 e. The van der Waals surface area contributed by atoms with Crippen LogP contribution in [0.3, 0.4) is 0 Å². The van der Waals surface area contributed by atoms with Crippen LogP contribution in [0.4, 0.5) is 0 Å². The van der Waals surface area contributed by atoms with Crippen LogP contribution in [0.25, 0.3) is 0 Å². The van der Waals surface area contributed by atoms with Crippen LogP contribution in [0.1, 0.15) is 99.3 Å². The predicted molar refractivity (Wildman–Crippen MR) is 267 cm³/mol. The van der Waals surface area contributed by atoms with Gasteiger partial charge in [-0.05, 0) is 93.3 Å². The number of carbonyl (C=O) groups is 2. The molecule has 4 aliphatic carbocycles. The van der Waals surface area contributed by atoms with Crippen molar-refractivity contribution in [1.82, 2.24) is 0 Å². The van der Waals surface area contributed by atoms with Crippen LogP contribution < -0.4 is 0 Å². The standard InChI is InChI=1S/C53H82O25S/c1-23(2)10-9-15-52(7)43-26(56)18-51(6)25-11-12-31-49(3,4)32(14-16-50(31,5)24(25)13-17-53(43,51)48(64)77-52)73-47-42(34(59)30(22-70-47)78-79(65,66)67)76-45-36(61)35(60)40(29(20-55)72-45)75-44-37(62)39(27(57)21-69-44)74-46-38(63)41(68-8)33(58)28(19-54)71-46/h13,25,27-47,54-55,57-63H,1,9-12,14-22H2,2-8H3,(H,65,66,67)/t25-,27+,28+,29-,30+,31+,32+,33+,34-,35-,36-,37+,38+,39-,40-,41-,42+,43+,44-,45+,46-,47-,50-,51+,52+,53+/m1/s1. The first-order valence-electron chi connectivity index (χ1n) is 27.5. The molecule has 79 heavy (non-hydrogen) atoms. The van der Waals surface area contributed by atoms with Gasteiger partial charge in [0.25, 0.3) is 0 Å². The highest BCUT2D eigenvalue weighted by Crippen LogP contribution is 2.75. The van der Waals surface area contributed by atoms with E-state index in [0.29, 0.717) is 38.5 Å². The molecule has 26 heteroatoms. The molecule has 0 aromatic rings. The molecule has 3 saturated carbocycles. The van der Waals surface area contributed by atoms with Gasteiger partial charge < -0.3 is 93.3 Å². The van der Waals surface area contributed by atoms with Gasteiger partial charge in [-0.25, -0.2) is 4.18 Å². The molecule has 450 valence electrons. The molecule has 25 nitrogen and oxygen atoms in total. The lowest BCUT2D eigenvalue weighted by molar-refractivity contribution is -0.385. The number of ketones is 1. The Morgan fingerprint density at radius 3 is 2.04 bits per heavy atom. The number of esters is 1. The lowest BCUT2D eigenvalue weighted by Gasteiger charge is -2.63. The molecule has 0 radical (unpaired) electrons. The summed E-state index contributed by atoms with van der Waals surface area (Å²) in [6.45, 7) is 13.5. The Balaban J connectivity index is 0.902. The third-order valence-electron chi connectivity index (χ3n) is 19.7. The first kappa shape index (κ1) is 61.3. The fourth-order valence-corrected chi connectivity index (χ4v) is 16.3. The first-order chi connectivity index (χ1) is 37.0. The van der Waals surface area contributed by atoms with E-state index in [-0.39, 0.29) is 30.0 Å². The van der Waals surface area contributed by atoms with Crippen LogP contribution in [0.2, 0.25) is 0 Å². The zero-order valence-electron chi connectivity index (χ0n) is 45.7. The molecule has 5 aliphatic heterocycles. The summed E-state index contributed by atoms with van der Waals surface area (Å²) in [6, 6.07) is 0. The average Bonchev–Trinajstić information content (AvgIpc) is 2.69. The summed E-state index contributed by atoms with van der Waals surface area (Å²) in [6.07, 6.45) is -24.0. The van der Waals surface area contributed by atoms with E-state index < -0.39 is 187 Å². The number of methoxy groups -OCH3 is 1. The minimum atomic E-state index is -5.19. The van der Waals surface area contributed by atoms with Crippen molar-refractivity contribution in [1.29, 1.82) is 0 Å². The molecule has 9 rings (SSSR count). The minimum Gasteiger partial charge on any atom is -0.458 e. The van der Waals surface area contributed by atoms with Gasteiger partial charge in [0.2, 0.25) is 0 Å². The molecular formula is C53H82O25S. The summed E-state index contributed by atoms with van der Waals surface area (Å²) < 4.78 is 97.4. The van der Waals surface area contributed by atoms with E-state index in [1.54, 1.807) is 0 Å². The molecule has 8 fully saturated rings. The van der Waals surface area contributed by atoms with E-state index in [2.05, 4.69) is 40.3 Å². The van der Waals surface area contributed by atoms with Crippen molar-refractivity contribution in [2.24, 2.45) is 39.4 Å². The Bertz CT molecular complexity index is 2390. The van der Waals surface area contributed by atoms with Gasteiger partial charge in [-0.15, -0.1) is 6.58 Å². The van der Waals surface area contributed by atoms with E-state index in [1.165, 1.54) is 12.7 Å².